The van der Waals surface area contributed by atoms with Gasteiger partial charge in [0.25, 0.3) is 5.91 Å². The molecule has 2 aromatic carbocycles. The van der Waals surface area contributed by atoms with Gasteiger partial charge in [0.2, 0.25) is 0 Å². The van der Waals surface area contributed by atoms with E-state index in [-0.39, 0.29) is 5.91 Å². The van der Waals surface area contributed by atoms with Gasteiger partial charge in [-0.1, -0.05) is 29.8 Å². The highest BCUT2D eigenvalue weighted by Gasteiger charge is 2.15. The van der Waals surface area contributed by atoms with E-state index in [1.165, 1.54) is 7.11 Å². The molecule has 2 rings (SSSR count). The molecule has 0 aliphatic carbocycles. The van der Waals surface area contributed by atoms with Crippen LogP contribution in [0.25, 0.3) is 0 Å². The van der Waals surface area contributed by atoms with Crippen LogP contribution in [0, 0.1) is 0 Å². The van der Waals surface area contributed by atoms with E-state index in [4.69, 9.17) is 22.1 Å². The number of amides is 1. The summed E-state index contributed by atoms with van der Waals surface area (Å²) in [7, 11) is 1.47. The number of hydrogen-bond donors (Lipinski definition) is 2. The van der Waals surface area contributed by atoms with Gasteiger partial charge in [0.1, 0.15) is 0 Å². The lowest BCUT2D eigenvalue weighted by Gasteiger charge is -2.11. The second-order valence-electron chi connectivity index (χ2n) is 3.86. The summed E-state index contributed by atoms with van der Waals surface area (Å²) in [5, 5.41) is 3.19. The Hall–Kier alpha value is -2.20. The molecule has 0 spiro atoms. The quantitative estimate of drug-likeness (QED) is 0.846. The molecule has 0 fully saturated rings. The van der Waals surface area contributed by atoms with Crippen molar-refractivity contribution in [2.45, 2.75) is 0 Å². The number of benzene rings is 2. The predicted octanol–water partition coefficient (Wildman–Crippen LogP) is 3.18. The van der Waals surface area contributed by atoms with E-state index in [1.807, 2.05) is 0 Å². The molecule has 5 heteroatoms. The van der Waals surface area contributed by atoms with Crippen molar-refractivity contribution in [3.05, 3.63) is 53.1 Å². The lowest BCUT2D eigenvalue weighted by molar-refractivity contribution is 0.102. The van der Waals surface area contributed by atoms with Gasteiger partial charge in [-0.15, -0.1) is 0 Å². The molecular formula is C14H13ClN2O2. The molecule has 0 bridgehead atoms. The van der Waals surface area contributed by atoms with Gasteiger partial charge < -0.3 is 15.8 Å². The third-order valence-corrected chi connectivity index (χ3v) is 2.95. The second-order valence-corrected chi connectivity index (χ2v) is 4.27. The maximum atomic E-state index is 12.2. The normalized spacial score (nSPS) is 10.0. The van der Waals surface area contributed by atoms with Crippen LogP contribution in [-0.4, -0.2) is 13.0 Å². The number of nitrogen functional groups attached to an aromatic ring is 1. The van der Waals surface area contributed by atoms with Crippen LogP contribution in [0.3, 0.4) is 0 Å². The lowest BCUT2D eigenvalue weighted by atomic mass is 10.1. The third kappa shape index (κ3) is 2.80. The second kappa shape index (κ2) is 5.63. The zero-order valence-corrected chi connectivity index (χ0v) is 11.1. The molecule has 0 radical (unpaired) electrons. The molecule has 2 aromatic rings. The van der Waals surface area contributed by atoms with Crippen molar-refractivity contribution in [1.82, 2.24) is 0 Å². The van der Waals surface area contributed by atoms with E-state index in [0.717, 1.165) is 0 Å². The molecule has 0 aliphatic rings. The summed E-state index contributed by atoms with van der Waals surface area (Å²) in [6.45, 7) is 0. The standard InChI is InChI=1S/C14H13ClN2O2/c1-19-13-9(5-4-7-11(13)16)14(18)17-12-8-3-2-6-10(12)15/h2-8H,16H2,1H3,(H,17,18). The highest BCUT2D eigenvalue weighted by Crippen LogP contribution is 2.28. The Balaban J connectivity index is 2.31. The minimum absolute atomic E-state index is 0.322. The number of nitrogens with two attached hydrogens (primary N) is 1. The van der Waals surface area contributed by atoms with Crippen LogP contribution < -0.4 is 15.8 Å². The number of anilines is 2. The lowest BCUT2D eigenvalue weighted by Crippen LogP contribution is -2.14. The van der Waals surface area contributed by atoms with Crippen molar-refractivity contribution >= 4 is 28.9 Å². The van der Waals surface area contributed by atoms with Crippen LogP contribution in [0.2, 0.25) is 5.02 Å². The number of carbonyl (C=O) groups excluding carboxylic acids is 1. The number of nitrogens with one attached hydrogen (secondary N) is 1. The number of halogens is 1. The molecule has 1 amide bonds. The first kappa shape index (κ1) is 13.2. The summed E-state index contributed by atoms with van der Waals surface area (Å²) in [6, 6.07) is 12.0. The van der Waals surface area contributed by atoms with Gasteiger partial charge in [-0.05, 0) is 24.3 Å². The first-order valence-corrected chi connectivity index (χ1v) is 5.99. The van der Waals surface area contributed by atoms with Crippen LogP contribution >= 0.6 is 11.6 Å². The van der Waals surface area contributed by atoms with Gasteiger partial charge in [0.15, 0.2) is 5.75 Å². The molecular weight excluding hydrogens is 264 g/mol. The minimum Gasteiger partial charge on any atom is -0.494 e. The van der Waals surface area contributed by atoms with Gasteiger partial charge in [-0.25, -0.2) is 0 Å². The minimum atomic E-state index is -0.322. The zero-order chi connectivity index (χ0) is 13.8. The molecule has 98 valence electrons. The van der Waals surface area contributed by atoms with Crippen LogP contribution in [0.1, 0.15) is 10.4 Å². The summed E-state index contributed by atoms with van der Waals surface area (Å²) >= 11 is 5.99. The van der Waals surface area contributed by atoms with E-state index in [2.05, 4.69) is 5.32 Å². The van der Waals surface area contributed by atoms with Crippen LogP contribution in [-0.2, 0) is 0 Å². The number of ether oxygens (including phenoxy) is 1. The van der Waals surface area contributed by atoms with Gasteiger partial charge in [0, 0.05) is 0 Å². The fourth-order valence-corrected chi connectivity index (χ4v) is 1.90. The van der Waals surface area contributed by atoms with Crippen molar-refractivity contribution < 1.29 is 9.53 Å². The maximum Gasteiger partial charge on any atom is 0.259 e. The first-order chi connectivity index (χ1) is 9.13. The van der Waals surface area contributed by atoms with Crippen LogP contribution in [0.15, 0.2) is 42.5 Å². The monoisotopic (exact) mass is 276 g/mol. The summed E-state index contributed by atoms with van der Waals surface area (Å²) in [6.07, 6.45) is 0. The molecule has 3 N–H and O–H groups in total. The molecule has 0 heterocycles. The maximum absolute atomic E-state index is 12.2. The van der Waals surface area contributed by atoms with Crippen molar-refractivity contribution in [1.29, 1.82) is 0 Å². The smallest absolute Gasteiger partial charge is 0.259 e. The Bertz CT molecular complexity index is 614. The summed E-state index contributed by atoms with van der Waals surface area (Å²) in [5.41, 5.74) is 7.08. The molecule has 0 unspecified atom stereocenters. The van der Waals surface area contributed by atoms with Crippen LogP contribution in [0.5, 0.6) is 5.75 Å². The molecule has 19 heavy (non-hydrogen) atoms. The Labute approximate surface area is 116 Å². The van der Waals surface area contributed by atoms with Crippen molar-refractivity contribution in [2.75, 3.05) is 18.2 Å². The highest BCUT2D eigenvalue weighted by molar-refractivity contribution is 6.33. The molecule has 0 aromatic heterocycles. The Morgan fingerprint density at radius 3 is 2.63 bits per heavy atom. The average molecular weight is 277 g/mol. The van der Waals surface area contributed by atoms with Crippen molar-refractivity contribution in [2.24, 2.45) is 0 Å². The molecule has 0 aliphatic heterocycles. The third-order valence-electron chi connectivity index (χ3n) is 2.62. The van der Waals surface area contributed by atoms with Gasteiger partial charge >= 0.3 is 0 Å². The predicted molar refractivity (Wildman–Crippen MR) is 76.8 cm³/mol. The van der Waals surface area contributed by atoms with E-state index in [0.29, 0.717) is 27.7 Å². The molecule has 4 nitrogen and oxygen atoms in total. The van der Waals surface area contributed by atoms with Crippen molar-refractivity contribution in [3.8, 4) is 5.75 Å². The Morgan fingerprint density at radius 2 is 1.95 bits per heavy atom. The number of carbonyl (C=O) groups is 1. The molecule has 0 saturated carbocycles. The van der Waals surface area contributed by atoms with E-state index in [1.54, 1.807) is 42.5 Å². The Morgan fingerprint density at radius 1 is 1.21 bits per heavy atom. The SMILES string of the molecule is COc1c(N)cccc1C(=O)Nc1ccccc1Cl. The topological polar surface area (TPSA) is 64.3 Å². The number of rotatable bonds is 3. The molecule has 0 saturated heterocycles. The van der Waals surface area contributed by atoms with E-state index >= 15 is 0 Å². The molecule has 0 atom stereocenters. The zero-order valence-electron chi connectivity index (χ0n) is 10.3. The number of methoxy groups -OCH3 is 1. The van der Waals surface area contributed by atoms with Crippen molar-refractivity contribution in [3.63, 3.8) is 0 Å². The van der Waals surface area contributed by atoms with Gasteiger partial charge in [-0.2, -0.15) is 0 Å². The van der Waals surface area contributed by atoms with Gasteiger partial charge in [0.05, 0.1) is 29.1 Å². The van der Waals surface area contributed by atoms with Gasteiger partial charge in [-0.3, -0.25) is 4.79 Å². The fourth-order valence-electron chi connectivity index (χ4n) is 1.71. The fraction of sp³-hybridized carbons (Fsp3) is 0.0714. The average Bonchev–Trinajstić information content (AvgIpc) is 2.41. The first-order valence-electron chi connectivity index (χ1n) is 5.62. The number of hydrogen-bond acceptors (Lipinski definition) is 3. The summed E-state index contributed by atoms with van der Waals surface area (Å²) in [4.78, 5) is 12.2. The highest BCUT2D eigenvalue weighted by atomic mass is 35.5. The summed E-state index contributed by atoms with van der Waals surface area (Å²) in [5.74, 6) is 0.0318. The number of para-hydroxylation sites is 2. The van der Waals surface area contributed by atoms with E-state index < -0.39 is 0 Å². The van der Waals surface area contributed by atoms with E-state index in [9.17, 15) is 4.79 Å². The largest absolute Gasteiger partial charge is 0.494 e. The summed E-state index contributed by atoms with van der Waals surface area (Å²) < 4.78 is 5.15. The Kier molecular flexibility index (Phi) is 3.92. The van der Waals surface area contributed by atoms with Crippen LogP contribution in [0.4, 0.5) is 11.4 Å².